The van der Waals surface area contributed by atoms with Gasteiger partial charge in [-0.3, -0.25) is 9.69 Å². The van der Waals surface area contributed by atoms with Gasteiger partial charge in [-0.25, -0.2) is 0 Å². The van der Waals surface area contributed by atoms with Crippen LogP contribution in [0.15, 0.2) is 0 Å². The third-order valence-corrected chi connectivity index (χ3v) is 1.78. The van der Waals surface area contributed by atoms with E-state index in [1.165, 1.54) is 7.11 Å². The second-order valence-electron chi connectivity index (χ2n) is 4.04. The standard InChI is InChI=1S/C9H19NO4/c1-9(2,13)6-10(3)7(5-14-4)8(11)12/h7,13H,5-6H2,1-4H3,(H,11,12). The highest BCUT2D eigenvalue weighted by Crippen LogP contribution is 2.07. The molecule has 0 rings (SSSR count). The van der Waals surface area contributed by atoms with Gasteiger partial charge in [0.15, 0.2) is 0 Å². The van der Waals surface area contributed by atoms with Crippen molar-refractivity contribution < 1.29 is 19.7 Å². The van der Waals surface area contributed by atoms with E-state index in [9.17, 15) is 9.90 Å². The highest BCUT2D eigenvalue weighted by atomic mass is 16.5. The number of hydrogen-bond donors (Lipinski definition) is 2. The van der Waals surface area contributed by atoms with Crippen molar-refractivity contribution in [3.63, 3.8) is 0 Å². The number of likely N-dealkylation sites (N-methyl/N-ethyl adjacent to an activating group) is 1. The van der Waals surface area contributed by atoms with E-state index in [1.54, 1.807) is 25.8 Å². The van der Waals surface area contributed by atoms with Crippen LogP contribution in [0.4, 0.5) is 0 Å². The first kappa shape index (κ1) is 13.4. The SMILES string of the molecule is COCC(C(=O)O)N(C)CC(C)(C)O. The lowest BCUT2D eigenvalue weighted by Gasteiger charge is -2.29. The maximum Gasteiger partial charge on any atom is 0.323 e. The van der Waals surface area contributed by atoms with Crippen molar-refractivity contribution in [3.8, 4) is 0 Å². The van der Waals surface area contributed by atoms with Crippen molar-refractivity contribution >= 4 is 5.97 Å². The van der Waals surface area contributed by atoms with E-state index in [0.717, 1.165) is 0 Å². The molecule has 0 heterocycles. The molecule has 2 N–H and O–H groups in total. The molecule has 0 aromatic heterocycles. The van der Waals surface area contributed by atoms with Crippen molar-refractivity contribution in [2.24, 2.45) is 0 Å². The number of hydrogen-bond acceptors (Lipinski definition) is 4. The van der Waals surface area contributed by atoms with Crippen LogP contribution in [0.5, 0.6) is 0 Å². The van der Waals surface area contributed by atoms with Crippen molar-refractivity contribution in [2.75, 3.05) is 27.3 Å². The van der Waals surface area contributed by atoms with Gasteiger partial charge in [0, 0.05) is 13.7 Å². The van der Waals surface area contributed by atoms with Crippen LogP contribution in [0.2, 0.25) is 0 Å². The summed E-state index contributed by atoms with van der Waals surface area (Å²) >= 11 is 0. The Morgan fingerprint density at radius 2 is 2.07 bits per heavy atom. The van der Waals surface area contributed by atoms with Gasteiger partial charge < -0.3 is 14.9 Å². The molecule has 84 valence electrons. The number of aliphatic hydroxyl groups is 1. The van der Waals surface area contributed by atoms with E-state index in [2.05, 4.69) is 0 Å². The van der Waals surface area contributed by atoms with Crippen LogP contribution < -0.4 is 0 Å². The number of carbonyl (C=O) groups is 1. The third kappa shape index (κ3) is 5.16. The van der Waals surface area contributed by atoms with Crippen LogP contribution in [0.3, 0.4) is 0 Å². The van der Waals surface area contributed by atoms with Gasteiger partial charge >= 0.3 is 5.97 Å². The van der Waals surface area contributed by atoms with Crippen molar-refractivity contribution in [1.29, 1.82) is 0 Å². The number of aliphatic carboxylic acids is 1. The largest absolute Gasteiger partial charge is 0.480 e. The fourth-order valence-electron chi connectivity index (χ4n) is 1.27. The van der Waals surface area contributed by atoms with Gasteiger partial charge in [0.1, 0.15) is 6.04 Å². The summed E-state index contributed by atoms with van der Waals surface area (Å²) in [5, 5.41) is 18.4. The molecule has 1 atom stereocenters. The zero-order valence-electron chi connectivity index (χ0n) is 9.15. The number of carboxylic acid groups (broad SMARTS) is 1. The Bertz CT molecular complexity index is 188. The number of carboxylic acids is 1. The number of rotatable bonds is 6. The number of methoxy groups -OCH3 is 1. The number of ether oxygens (including phenoxy) is 1. The Hall–Kier alpha value is -0.650. The van der Waals surface area contributed by atoms with Crippen molar-refractivity contribution in [2.45, 2.75) is 25.5 Å². The van der Waals surface area contributed by atoms with Gasteiger partial charge in [-0.05, 0) is 20.9 Å². The van der Waals surface area contributed by atoms with Crippen molar-refractivity contribution in [3.05, 3.63) is 0 Å². The average molecular weight is 205 g/mol. The fraction of sp³-hybridized carbons (Fsp3) is 0.889. The minimum atomic E-state index is -0.946. The summed E-state index contributed by atoms with van der Waals surface area (Å²) in [5.41, 5.74) is -0.907. The monoisotopic (exact) mass is 205 g/mol. The topological polar surface area (TPSA) is 70.0 Å². The van der Waals surface area contributed by atoms with Crippen LogP contribution in [-0.2, 0) is 9.53 Å². The summed E-state index contributed by atoms with van der Waals surface area (Å²) in [5.74, 6) is -0.946. The van der Waals surface area contributed by atoms with E-state index in [0.29, 0.717) is 0 Å². The lowest BCUT2D eigenvalue weighted by atomic mass is 10.1. The fourth-order valence-corrected chi connectivity index (χ4v) is 1.27. The van der Waals surface area contributed by atoms with Gasteiger partial charge in [0.25, 0.3) is 0 Å². The molecule has 0 aromatic rings. The highest BCUT2D eigenvalue weighted by Gasteiger charge is 2.26. The predicted molar refractivity (Wildman–Crippen MR) is 52.2 cm³/mol. The first-order chi connectivity index (χ1) is 6.28. The predicted octanol–water partition coefficient (Wildman–Crippen LogP) is -0.211. The Labute approximate surface area is 84.3 Å². The average Bonchev–Trinajstić information content (AvgIpc) is 1.95. The maximum atomic E-state index is 10.8. The summed E-state index contributed by atoms with van der Waals surface area (Å²) in [7, 11) is 3.10. The molecule has 0 spiro atoms. The molecule has 14 heavy (non-hydrogen) atoms. The summed E-state index contributed by atoms with van der Waals surface area (Å²) in [6.07, 6.45) is 0. The van der Waals surface area contributed by atoms with Gasteiger partial charge in [-0.2, -0.15) is 0 Å². The minimum absolute atomic E-state index is 0.113. The molecule has 0 radical (unpaired) electrons. The van der Waals surface area contributed by atoms with Gasteiger partial charge in [0.05, 0.1) is 12.2 Å². The summed E-state index contributed by atoms with van der Waals surface area (Å²) in [6.45, 7) is 3.67. The van der Waals surface area contributed by atoms with Crippen molar-refractivity contribution in [1.82, 2.24) is 4.90 Å². The molecule has 0 saturated carbocycles. The van der Waals surface area contributed by atoms with Crippen LogP contribution >= 0.6 is 0 Å². The van der Waals surface area contributed by atoms with Crippen LogP contribution in [0.25, 0.3) is 0 Å². The summed E-state index contributed by atoms with van der Waals surface area (Å²) < 4.78 is 4.80. The lowest BCUT2D eigenvalue weighted by Crippen LogP contribution is -2.47. The minimum Gasteiger partial charge on any atom is -0.480 e. The van der Waals surface area contributed by atoms with Gasteiger partial charge in [0.2, 0.25) is 0 Å². The van der Waals surface area contributed by atoms with E-state index in [4.69, 9.17) is 9.84 Å². The molecule has 0 aromatic carbocycles. The molecular formula is C9H19NO4. The summed E-state index contributed by atoms with van der Waals surface area (Å²) in [6, 6.07) is -0.716. The van der Waals surface area contributed by atoms with E-state index in [-0.39, 0.29) is 13.2 Å². The molecule has 5 heteroatoms. The molecule has 0 saturated heterocycles. The molecule has 0 amide bonds. The molecule has 0 aliphatic heterocycles. The zero-order chi connectivity index (χ0) is 11.4. The van der Waals surface area contributed by atoms with E-state index >= 15 is 0 Å². The van der Waals surface area contributed by atoms with Crippen LogP contribution in [-0.4, -0.2) is 60.0 Å². The molecule has 1 unspecified atom stereocenters. The smallest absolute Gasteiger partial charge is 0.323 e. The second kappa shape index (κ2) is 5.29. The summed E-state index contributed by atoms with van der Waals surface area (Å²) in [4.78, 5) is 12.4. The first-order valence-corrected chi connectivity index (χ1v) is 4.42. The molecule has 5 nitrogen and oxygen atoms in total. The Kier molecular flexibility index (Phi) is 5.04. The van der Waals surface area contributed by atoms with E-state index in [1.807, 2.05) is 0 Å². The Balaban J connectivity index is 4.29. The van der Waals surface area contributed by atoms with E-state index < -0.39 is 17.6 Å². The highest BCUT2D eigenvalue weighted by molar-refractivity contribution is 5.73. The second-order valence-corrected chi connectivity index (χ2v) is 4.04. The normalized spacial score (nSPS) is 14.4. The molecule has 0 fully saturated rings. The third-order valence-electron chi connectivity index (χ3n) is 1.78. The quantitative estimate of drug-likeness (QED) is 0.628. The zero-order valence-corrected chi connectivity index (χ0v) is 9.15. The molecular weight excluding hydrogens is 186 g/mol. The van der Waals surface area contributed by atoms with Crippen LogP contribution in [0.1, 0.15) is 13.8 Å². The van der Waals surface area contributed by atoms with Gasteiger partial charge in [-0.15, -0.1) is 0 Å². The lowest BCUT2D eigenvalue weighted by molar-refractivity contribution is -0.145. The molecule has 0 aliphatic rings. The van der Waals surface area contributed by atoms with Crippen LogP contribution in [0, 0.1) is 0 Å². The first-order valence-electron chi connectivity index (χ1n) is 4.42. The Morgan fingerprint density at radius 3 is 2.36 bits per heavy atom. The number of nitrogens with zero attached hydrogens (tertiary/aromatic N) is 1. The molecule has 0 aliphatic carbocycles. The van der Waals surface area contributed by atoms with Gasteiger partial charge in [-0.1, -0.05) is 0 Å². The molecule has 0 bridgehead atoms. The Morgan fingerprint density at radius 1 is 1.57 bits per heavy atom. The maximum absolute atomic E-state index is 10.8.